The molecule has 1 aromatic rings. The van der Waals surface area contributed by atoms with Gasteiger partial charge in [0.05, 0.1) is 13.2 Å². The molecule has 1 fully saturated rings. The Morgan fingerprint density at radius 3 is 3.00 bits per heavy atom. The Balaban J connectivity index is 2.01. The second-order valence-corrected chi connectivity index (χ2v) is 4.84. The van der Waals surface area contributed by atoms with Gasteiger partial charge in [0.15, 0.2) is 6.10 Å². The Morgan fingerprint density at radius 1 is 1.45 bits per heavy atom. The molecule has 5 nitrogen and oxygen atoms in total. The normalized spacial score (nSPS) is 18.1. The zero-order chi connectivity index (χ0) is 14.4. The van der Waals surface area contributed by atoms with Crippen molar-refractivity contribution in [3.05, 3.63) is 29.3 Å². The lowest BCUT2D eigenvalue weighted by Crippen LogP contribution is -2.24. The van der Waals surface area contributed by atoms with E-state index in [9.17, 15) is 4.79 Å². The van der Waals surface area contributed by atoms with E-state index in [1.165, 1.54) is 0 Å². The molecule has 0 aliphatic carbocycles. The fraction of sp³-hybridized carbons (Fsp3) is 0.533. The average Bonchev–Trinajstić information content (AvgIpc) is 2.83. The highest BCUT2D eigenvalue weighted by Crippen LogP contribution is 2.23. The lowest BCUT2D eigenvalue weighted by Gasteiger charge is -2.15. The molecule has 1 saturated heterocycles. The molecule has 2 rings (SSSR count). The molecule has 0 saturated carbocycles. The van der Waals surface area contributed by atoms with Crippen LogP contribution in [0, 0.1) is 6.92 Å². The number of carbonyl (C=O) groups excluding carboxylic acids is 1. The molecule has 1 aromatic carbocycles. The first-order chi connectivity index (χ1) is 9.70. The van der Waals surface area contributed by atoms with Gasteiger partial charge in [-0.1, -0.05) is 17.7 Å². The van der Waals surface area contributed by atoms with Crippen molar-refractivity contribution in [1.82, 2.24) is 5.32 Å². The summed E-state index contributed by atoms with van der Waals surface area (Å²) < 4.78 is 15.7. The molecule has 1 unspecified atom stereocenters. The van der Waals surface area contributed by atoms with Crippen LogP contribution in [0.15, 0.2) is 18.2 Å². The van der Waals surface area contributed by atoms with E-state index < -0.39 is 6.10 Å². The van der Waals surface area contributed by atoms with Crippen LogP contribution >= 0.6 is 0 Å². The fourth-order valence-corrected chi connectivity index (χ4v) is 2.10. The maximum Gasteiger partial charge on any atom is 0.347 e. The summed E-state index contributed by atoms with van der Waals surface area (Å²) in [5, 5.41) is 3.29. The largest absolute Gasteiger partial charge is 0.478 e. The second-order valence-electron chi connectivity index (χ2n) is 4.84. The highest BCUT2D eigenvalue weighted by molar-refractivity contribution is 5.76. The molecule has 0 amide bonds. The van der Waals surface area contributed by atoms with Gasteiger partial charge in [-0.2, -0.15) is 0 Å². The number of esters is 1. The Kier molecular flexibility index (Phi) is 5.38. The molecular weight excluding hydrogens is 258 g/mol. The van der Waals surface area contributed by atoms with Gasteiger partial charge in [-0.15, -0.1) is 0 Å². The lowest BCUT2D eigenvalue weighted by molar-refractivity contribution is -0.143. The predicted molar refractivity (Wildman–Crippen MR) is 74.8 cm³/mol. The quantitative estimate of drug-likeness (QED) is 0.604. The number of rotatable bonds is 7. The molecule has 1 heterocycles. The van der Waals surface area contributed by atoms with Crippen molar-refractivity contribution in [2.75, 3.05) is 26.9 Å². The second kappa shape index (κ2) is 7.26. The van der Waals surface area contributed by atoms with Crippen molar-refractivity contribution in [2.45, 2.75) is 26.0 Å². The van der Waals surface area contributed by atoms with Crippen LogP contribution in [-0.4, -0.2) is 38.9 Å². The number of aryl methyl sites for hydroxylation is 1. The molecule has 1 atom stereocenters. The summed E-state index contributed by atoms with van der Waals surface area (Å²) in [7, 11) is 1.68. The van der Waals surface area contributed by atoms with Crippen molar-refractivity contribution in [3.63, 3.8) is 0 Å². The summed E-state index contributed by atoms with van der Waals surface area (Å²) >= 11 is 0. The third kappa shape index (κ3) is 3.95. The molecule has 0 radical (unpaired) electrons. The van der Waals surface area contributed by atoms with E-state index in [-0.39, 0.29) is 5.97 Å². The van der Waals surface area contributed by atoms with Gasteiger partial charge in [0.1, 0.15) is 5.75 Å². The van der Waals surface area contributed by atoms with Gasteiger partial charge in [-0.05, 0) is 13.0 Å². The standard InChI is InChI=1S/C15H21NO4/c1-11-3-4-13(20-14-5-7-19-15(14)17)12(9-11)10-16-6-8-18-2/h3-4,9,14,16H,5-8,10H2,1-2H3. The fourth-order valence-electron chi connectivity index (χ4n) is 2.10. The minimum Gasteiger partial charge on any atom is -0.478 e. The Bertz CT molecular complexity index is 461. The van der Waals surface area contributed by atoms with E-state index in [1.807, 2.05) is 19.1 Å². The molecule has 1 N–H and O–H groups in total. The Labute approximate surface area is 119 Å². The summed E-state index contributed by atoms with van der Waals surface area (Å²) in [6.45, 7) is 4.59. The number of hydrogen-bond acceptors (Lipinski definition) is 5. The Hall–Kier alpha value is -1.59. The minimum atomic E-state index is -0.476. The van der Waals surface area contributed by atoms with Gasteiger partial charge in [0.2, 0.25) is 0 Å². The summed E-state index contributed by atoms with van der Waals surface area (Å²) in [4.78, 5) is 11.5. The highest BCUT2D eigenvalue weighted by Gasteiger charge is 2.28. The number of nitrogens with one attached hydrogen (secondary N) is 1. The van der Waals surface area contributed by atoms with Gasteiger partial charge in [0, 0.05) is 32.2 Å². The van der Waals surface area contributed by atoms with E-state index in [0.717, 1.165) is 23.4 Å². The van der Waals surface area contributed by atoms with Gasteiger partial charge in [-0.25, -0.2) is 4.79 Å². The maximum atomic E-state index is 11.5. The number of benzene rings is 1. The first kappa shape index (κ1) is 14.8. The lowest BCUT2D eigenvalue weighted by atomic mass is 10.1. The summed E-state index contributed by atoms with van der Waals surface area (Å²) in [6.07, 6.45) is 0.138. The van der Waals surface area contributed by atoms with E-state index in [0.29, 0.717) is 26.2 Å². The maximum absolute atomic E-state index is 11.5. The van der Waals surface area contributed by atoms with Crippen molar-refractivity contribution in [1.29, 1.82) is 0 Å². The molecule has 1 aliphatic heterocycles. The van der Waals surface area contributed by atoms with Gasteiger partial charge >= 0.3 is 5.97 Å². The molecular formula is C15H21NO4. The zero-order valence-electron chi connectivity index (χ0n) is 12.0. The summed E-state index contributed by atoms with van der Waals surface area (Å²) in [5.74, 6) is 0.466. The van der Waals surface area contributed by atoms with Crippen LogP contribution in [0.3, 0.4) is 0 Å². The molecule has 0 bridgehead atoms. The Morgan fingerprint density at radius 2 is 2.30 bits per heavy atom. The summed E-state index contributed by atoms with van der Waals surface area (Å²) in [5.41, 5.74) is 2.20. The van der Waals surface area contributed by atoms with Crippen LogP contribution in [0.25, 0.3) is 0 Å². The topological polar surface area (TPSA) is 56.8 Å². The monoisotopic (exact) mass is 279 g/mol. The first-order valence-corrected chi connectivity index (χ1v) is 6.83. The third-order valence-electron chi connectivity index (χ3n) is 3.17. The average molecular weight is 279 g/mol. The molecule has 5 heteroatoms. The van der Waals surface area contributed by atoms with Crippen LogP contribution in [0.2, 0.25) is 0 Å². The number of ether oxygens (including phenoxy) is 3. The number of methoxy groups -OCH3 is 1. The SMILES string of the molecule is COCCNCc1cc(C)ccc1OC1CCOC1=O. The smallest absolute Gasteiger partial charge is 0.347 e. The van der Waals surface area contributed by atoms with Crippen LogP contribution in [0.4, 0.5) is 0 Å². The number of hydrogen-bond donors (Lipinski definition) is 1. The first-order valence-electron chi connectivity index (χ1n) is 6.83. The molecule has 110 valence electrons. The molecule has 20 heavy (non-hydrogen) atoms. The number of carbonyl (C=O) groups is 1. The highest BCUT2D eigenvalue weighted by atomic mass is 16.6. The minimum absolute atomic E-state index is 0.274. The van der Waals surface area contributed by atoms with E-state index >= 15 is 0 Å². The van der Waals surface area contributed by atoms with Crippen molar-refractivity contribution in [2.24, 2.45) is 0 Å². The van der Waals surface area contributed by atoms with Crippen LogP contribution in [0.1, 0.15) is 17.5 Å². The van der Waals surface area contributed by atoms with Gasteiger partial charge in [-0.3, -0.25) is 0 Å². The van der Waals surface area contributed by atoms with Gasteiger partial charge in [0.25, 0.3) is 0 Å². The van der Waals surface area contributed by atoms with Crippen molar-refractivity contribution in [3.8, 4) is 5.75 Å². The molecule has 0 aromatic heterocycles. The van der Waals surface area contributed by atoms with E-state index in [2.05, 4.69) is 11.4 Å². The summed E-state index contributed by atoms with van der Waals surface area (Å²) in [6, 6.07) is 5.96. The van der Waals surface area contributed by atoms with Crippen LogP contribution < -0.4 is 10.1 Å². The third-order valence-corrected chi connectivity index (χ3v) is 3.17. The predicted octanol–water partition coefficient (Wildman–Crippen LogP) is 1.43. The van der Waals surface area contributed by atoms with Crippen LogP contribution in [0.5, 0.6) is 5.75 Å². The van der Waals surface area contributed by atoms with Crippen molar-refractivity contribution >= 4 is 5.97 Å². The van der Waals surface area contributed by atoms with E-state index in [1.54, 1.807) is 7.11 Å². The van der Waals surface area contributed by atoms with E-state index in [4.69, 9.17) is 14.2 Å². The number of cyclic esters (lactones) is 1. The molecule has 0 spiro atoms. The van der Waals surface area contributed by atoms with Crippen LogP contribution in [-0.2, 0) is 20.8 Å². The molecule has 1 aliphatic rings. The van der Waals surface area contributed by atoms with Crippen molar-refractivity contribution < 1.29 is 19.0 Å². The zero-order valence-corrected chi connectivity index (χ0v) is 12.0. The van der Waals surface area contributed by atoms with Gasteiger partial charge < -0.3 is 19.5 Å².